The Balaban J connectivity index is 0.000000209. The van der Waals surface area contributed by atoms with Crippen molar-refractivity contribution in [2.75, 3.05) is 13.2 Å². The molecule has 4 aromatic carbocycles. The Hall–Kier alpha value is -3.96. The van der Waals surface area contributed by atoms with Crippen LogP contribution in [0.2, 0.25) is 0 Å². The van der Waals surface area contributed by atoms with Crippen LogP contribution in [0.15, 0.2) is 119 Å². The third-order valence-corrected chi connectivity index (χ3v) is 5.89. The minimum atomic E-state index is -0.183. The summed E-state index contributed by atoms with van der Waals surface area (Å²) in [4.78, 5) is 8.77. The van der Waals surface area contributed by atoms with Crippen LogP contribution in [-0.4, -0.2) is 46.3 Å². The first-order valence-corrected chi connectivity index (χ1v) is 13.7. The Labute approximate surface area is 275 Å². The van der Waals surface area contributed by atoms with Crippen molar-refractivity contribution in [3.8, 4) is 11.5 Å². The molecule has 2 aliphatic rings. The van der Waals surface area contributed by atoms with Gasteiger partial charge >= 0.3 is 26.2 Å². The Morgan fingerprint density at radius 2 is 0.837 bits per heavy atom. The predicted molar refractivity (Wildman–Crippen MR) is 171 cm³/mol. The fraction of sp³-hybridized carbons (Fsp3) is 0.222. The molecule has 0 fully saturated rings. The number of rotatable bonds is 2. The third-order valence-electron chi connectivity index (χ3n) is 5.89. The molecule has 6 nitrogen and oxygen atoms in total. The van der Waals surface area contributed by atoms with Gasteiger partial charge in [-0.1, -0.05) is 36.4 Å². The summed E-state index contributed by atoms with van der Waals surface area (Å²) in [5.74, 6) is 1.49. The Bertz CT molecular complexity index is 1360. The number of phenols is 2. The normalized spacial score (nSPS) is 15.1. The minimum absolute atomic E-state index is 0. The Morgan fingerprint density at radius 1 is 0.535 bits per heavy atom. The van der Waals surface area contributed by atoms with E-state index in [1.54, 1.807) is 36.4 Å². The fourth-order valence-electron chi connectivity index (χ4n) is 3.71. The summed E-state index contributed by atoms with van der Waals surface area (Å²) in [6.07, 6.45) is 0. The number of hydrogen-bond donors (Lipinski definition) is 2. The number of nitrogens with zero attached hydrogens (tertiary/aromatic N) is 2. The smallest absolute Gasteiger partial charge is 0.507 e. The molecule has 0 radical (unpaired) electrons. The summed E-state index contributed by atoms with van der Waals surface area (Å²) in [6.45, 7) is 16.6. The van der Waals surface area contributed by atoms with Gasteiger partial charge < -0.3 is 19.7 Å². The molecule has 6 rings (SSSR count). The van der Waals surface area contributed by atoms with Gasteiger partial charge in [0, 0.05) is 0 Å². The van der Waals surface area contributed by atoms with E-state index >= 15 is 0 Å². The second kappa shape index (κ2) is 16.6. The van der Waals surface area contributed by atoms with Gasteiger partial charge in [0.15, 0.2) is 0 Å². The molecule has 0 aliphatic carbocycles. The van der Waals surface area contributed by atoms with Gasteiger partial charge in [0.1, 0.15) is 24.7 Å². The van der Waals surface area contributed by atoms with Crippen LogP contribution in [0.4, 0.5) is 0 Å². The first-order valence-electron chi connectivity index (χ1n) is 13.7. The summed E-state index contributed by atoms with van der Waals surface area (Å²) >= 11 is 0. The molecule has 0 saturated heterocycles. The van der Waals surface area contributed by atoms with Crippen LogP contribution in [0, 0.1) is 13.8 Å². The molecule has 0 atom stereocenters. The molecule has 2 heterocycles. The van der Waals surface area contributed by atoms with Crippen LogP contribution in [0.1, 0.15) is 49.9 Å². The zero-order valence-corrected chi connectivity index (χ0v) is 27.8. The number of aromatic hydroxyl groups is 2. The predicted octanol–water partition coefficient (Wildman–Crippen LogP) is 7.63. The topological polar surface area (TPSA) is 83.6 Å². The number of hydrogen-bond acceptors (Lipinski definition) is 6. The van der Waals surface area contributed by atoms with Crippen molar-refractivity contribution in [1.29, 1.82) is 0 Å². The number of phenolic OH excluding ortho intramolecular Hbond substituents is 2. The van der Waals surface area contributed by atoms with Gasteiger partial charge in [-0.3, -0.25) is 0 Å². The monoisotopic (exact) mass is 654 g/mol. The van der Waals surface area contributed by atoms with E-state index in [1.165, 1.54) is 0 Å². The first-order chi connectivity index (χ1) is 20.0. The quantitative estimate of drug-likeness (QED) is 0.218. The molecule has 0 aromatic heterocycles. The molecular weight excluding hydrogens is 616 g/mol. The molecule has 0 saturated carbocycles. The maximum Gasteiger partial charge on any atom is 2.00 e. The van der Waals surface area contributed by atoms with Gasteiger partial charge in [-0.15, -0.1) is 24.3 Å². The molecule has 4 aromatic rings. The van der Waals surface area contributed by atoms with E-state index in [0.29, 0.717) is 36.1 Å². The summed E-state index contributed by atoms with van der Waals surface area (Å²) < 4.78 is 10.9. The summed E-state index contributed by atoms with van der Waals surface area (Å²) in [5, 5.41) is 19.2. The molecule has 43 heavy (non-hydrogen) atoms. The van der Waals surface area contributed by atoms with Crippen molar-refractivity contribution < 1.29 is 45.9 Å². The van der Waals surface area contributed by atoms with E-state index in [0.717, 1.165) is 11.1 Å². The fourth-order valence-corrected chi connectivity index (χ4v) is 3.71. The standard InChI is InChI=1S/2C11H13NO2.2C7H7.Zr/c2*1-11(2)7-14-10(12-11)8-5-3-4-6-9(8)13;2*1-7-5-3-2-4-6-7;/h2*3-6,13H,7H2,1-2H3;2*2-6H,1H2;/q;;2*-1;+2. The third kappa shape index (κ3) is 12.0. The van der Waals surface area contributed by atoms with Crippen LogP contribution in [-0.2, 0) is 35.7 Å². The number of para-hydroxylation sites is 2. The van der Waals surface area contributed by atoms with Crippen molar-refractivity contribution in [2.45, 2.75) is 38.8 Å². The van der Waals surface area contributed by atoms with E-state index in [-0.39, 0.29) is 48.8 Å². The van der Waals surface area contributed by atoms with Gasteiger partial charge in [0.05, 0.1) is 22.2 Å². The van der Waals surface area contributed by atoms with Gasteiger partial charge in [-0.25, -0.2) is 9.98 Å². The van der Waals surface area contributed by atoms with E-state index in [9.17, 15) is 10.2 Å². The average molecular weight is 656 g/mol. The zero-order chi connectivity index (χ0) is 30.6. The summed E-state index contributed by atoms with van der Waals surface area (Å²) in [7, 11) is 0. The van der Waals surface area contributed by atoms with Crippen LogP contribution < -0.4 is 0 Å². The van der Waals surface area contributed by atoms with Crippen LogP contribution in [0.3, 0.4) is 0 Å². The molecule has 0 unspecified atom stereocenters. The van der Waals surface area contributed by atoms with E-state index in [4.69, 9.17) is 9.47 Å². The molecule has 0 amide bonds. The van der Waals surface area contributed by atoms with Crippen LogP contribution in [0.25, 0.3) is 0 Å². The SMILES string of the molecule is CC1(C)COC(c2ccccc2O)=N1.CC1(C)COC(c2ccccc2O)=N1.[CH2-]c1ccccc1.[CH2-]c1ccccc1.[Zr+2]. The molecule has 7 heteroatoms. The van der Waals surface area contributed by atoms with Gasteiger partial charge in [-0.05, 0) is 52.0 Å². The maximum atomic E-state index is 9.58. The van der Waals surface area contributed by atoms with Crippen LogP contribution in [0.5, 0.6) is 11.5 Å². The van der Waals surface area contributed by atoms with Crippen molar-refractivity contribution in [3.05, 3.63) is 145 Å². The molecule has 0 spiro atoms. The van der Waals surface area contributed by atoms with Crippen LogP contribution >= 0.6 is 0 Å². The van der Waals surface area contributed by atoms with Crippen molar-refractivity contribution in [2.24, 2.45) is 9.98 Å². The number of ether oxygens (including phenoxy) is 2. The van der Waals surface area contributed by atoms with Gasteiger partial charge in [-0.2, -0.15) is 49.2 Å². The molecule has 2 aliphatic heterocycles. The van der Waals surface area contributed by atoms with E-state index in [1.807, 2.05) is 100 Å². The Morgan fingerprint density at radius 3 is 1.07 bits per heavy atom. The summed E-state index contributed by atoms with van der Waals surface area (Å²) in [5.41, 5.74) is 3.11. The second-order valence-electron chi connectivity index (χ2n) is 11.0. The Kier molecular flexibility index (Phi) is 13.6. The number of aliphatic imine (C=N–C) groups is 2. The maximum absolute atomic E-state index is 9.58. The van der Waals surface area contributed by atoms with Gasteiger partial charge in [0.25, 0.3) is 0 Å². The minimum Gasteiger partial charge on any atom is -0.507 e. The van der Waals surface area contributed by atoms with E-state index in [2.05, 4.69) is 23.8 Å². The van der Waals surface area contributed by atoms with Crippen molar-refractivity contribution in [3.63, 3.8) is 0 Å². The first kappa shape index (κ1) is 35.2. The molecule has 2 N–H and O–H groups in total. The summed E-state index contributed by atoms with van der Waals surface area (Å²) in [6, 6.07) is 33.9. The van der Waals surface area contributed by atoms with Gasteiger partial charge in [0.2, 0.25) is 11.8 Å². The second-order valence-corrected chi connectivity index (χ2v) is 11.0. The molecule has 0 bridgehead atoms. The van der Waals surface area contributed by atoms with E-state index < -0.39 is 0 Å². The molecular formula is C36H40N2O4Zr. The zero-order valence-electron chi connectivity index (χ0n) is 25.3. The number of benzene rings is 4. The van der Waals surface area contributed by atoms with Crippen molar-refractivity contribution >= 4 is 11.8 Å². The largest absolute Gasteiger partial charge is 2.00 e. The molecule has 222 valence electrons. The average Bonchev–Trinajstić information content (AvgIpc) is 3.51. The van der Waals surface area contributed by atoms with Crippen molar-refractivity contribution in [1.82, 2.24) is 0 Å².